The van der Waals surface area contributed by atoms with Crippen LogP contribution < -0.4 is 4.74 Å². The van der Waals surface area contributed by atoms with Gasteiger partial charge in [0.2, 0.25) is 12.4 Å². The minimum atomic E-state index is -1.63. The lowest BCUT2D eigenvalue weighted by Crippen LogP contribution is -2.64. The molecule has 0 radical (unpaired) electrons. The quantitative estimate of drug-likeness (QED) is 0.344. The zero-order chi connectivity index (χ0) is 32.1. The molecule has 5 rings (SSSR count). The van der Waals surface area contributed by atoms with E-state index in [0.29, 0.717) is 29.0 Å². The van der Waals surface area contributed by atoms with E-state index in [9.17, 15) is 29.1 Å². The van der Waals surface area contributed by atoms with Gasteiger partial charge in [-0.1, -0.05) is 6.92 Å². The summed E-state index contributed by atoms with van der Waals surface area (Å²) in [5.41, 5.74) is 1.61. The van der Waals surface area contributed by atoms with Crippen molar-refractivity contribution < 1.29 is 57.5 Å². The first-order chi connectivity index (χ1) is 20.8. The minimum absolute atomic E-state index is 0.0228. The summed E-state index contributed by atoms with van der Waals surface area (Å²) in [5, 5.41) is 11.3. The lowest BCUT2D eigenvalue weighted by Gasteiger charge is -2.48. The first-order valence-electron chi connectivity index (χ1n) is 14.8. The lowest BCUT2D eigenvalue weighted by atomic mass is 9.55. The molecule has 0 aromatic heterocycles. The van der Waals surface area contributed by atoms with Gasteiger partial charge in [0.1, 0.15) is 5.78 Å². The maximum atomic E-state index is 12.8. The van der Waals surface area contributed by atoms with E-state index in [-0.39, 0.29) is 28.7 Å². The molecule has 44 heavy (non-hydrogen) atoms. The first-order valence-corrected chi connectivity index (χ1v) is 15.5. The Morgan fingerprint density at radius 3 is 2.23 bits per heavy atom. The lowest BCUT2D eigenvalue weighted by molar-refractivity contribution is -0.282. The number of aromatic hydroxyl groups is 1. The van der Waals surface area contributed by atoms with Gasteiger partial charge >= 0.3 is 23.9 Å². The molecule has 0 bridgehead atoms. The molecule has 0 spiro atoms. The summed E-state index contributed by atoms with van der Waals surface area (Å²) in [6, 6.07) is 1.73. The number of fused-ring (bicyclic) bond motifs is 5. The standard InChI is InChI=1S/C31H37BrO12/c1-13(33)40-25-26(41-14(2)34)28(42-15(3)35)30(44-27(25)29(38)39-5)43-21-12-19-16-10-11-31(4)20(8-9-22(31)36)17(16)6-7-18(19)23(32)24(21)37/h12,16-17,20,25-28,30,37H,6-11H2,1-5H3/t16-,17+,20-,25-,26-,27-,28+,30+,31-/m0/s1. The highest BCUT2D eigenvalue weighted by molar-refractivity contribution is 9.10. The summed E-state index contributed by atoms with van der Waals surface area (Å²) >= 11 is 3.55. The highest BCUT2D eigenvalue weighted by atomic mass is 79.9. The van der Waals surface area contributed by atoms with Gasteiger partial charge in [-0.25, -0.2) is 4.79 Å². The van der Waals surface area contributed by atoms with E-state index in [1.54, 1.807) is 6.07 Å². The number of Topliss-reactive ketones (excluding diaryl/α,β-unsaturated/α-hetero) is 1. The number of benzene rings is 1. The molecule has 1 aromatic rings. The third-order valence-electron chi connectivity index (χ3n) is 9.69. The second kappa shape index (κ2) is 12.3. The number of phenolic OH excluding ortho intramolecular Hbond substituents is 1. The van der Waals surface area contributed by atoms with Crippen molar-refractivity contribution in [3.8, 4) is 11.5 Å². The molecule has 1 heterocycles. The molecule has 1 aromatic carbocycles. The number of methoxy groups -OCH3 is 1. The van der Waals surface area contributed by atoms with Gasteiger partial charge in [-0.15, -0.1) is 0 Å². The van der Waals surface area contributed by atoms with E-state index in [2.05, 4.69) is 22.9 Å². The van der Waals surface area contributed by atoms with Gasteiger partial charge in [-0.2, -0.15) is 0 Å². The van der Waals surface area contributed by atoms with E-state index in [1.807, 2.05) is 0 Å². The van der Waals surface area contributed by atoms with Crippen LogP contribution in [-0.2, 0) is 54.1 Å². The molecule has 1 aliphatic heterocycles. The van der Waals surface area contributed by atoms with Crippen molar-refractivity contribution in [2.45, 2.75) is 103 Å². The zero-order valence-electron chi connectivity index (χ0n) is 25.3. The van der Waals surface area contributed by atoms with Crippen molar-refractivity contribution in [2.24, 2.45) is 17.3 Å². The van der Waals surface area contributed by atoms with Gasteiger partial charge < -0.3 is 33.5 Å². The number of carbonyl (C=O) groups excluding carboxylic acids is 5. The fraction of sp³-hybridized carbons (Fsp3) is 0.645. The molecule has 9 atom stereocenters. The van der Waals surface area contributed by atoms with Crippen molar-refractivity contribution in [3.05, 3.63) is 21.7 Å². The third-order valence-corrected chi connectivity index (χ3v) is 10.5. The number of ketones is 1. The van der Waals surface area contributed by atoms with Crippen molar-refractivity contribution in [1.82, 2.24) is 0 Å². The number of hydrogen-bond acceptors (Lipinski definition) is 12. The Kier molecular flexibility index (Phi) is 9.01. The maximum absolute atomic E-state index is 12.8. The summed E-state index contributed by atoms with van der Waals surface area (Å²) in [6.45, 7) is 5.40. The monoisotopic (exact) mass is 680 g/mol. The summed E-state index contributed by atoms with van der Waals surface area (Å²) in [5.74, 6) is -2.61. The summed E-state index contributed by atoms with van der Waals surface area (Å²) < 4.78 is 33.6. The normalized spacial score (nSPS) is 34.1. The number of halogens is 1. The van der Waals surface area contributed by atoms with Crippen LogP contribution in [-0.4, -0.2) is 72.6 Å². The SMILES string of the molecule is COC(=O)[C@H]1O[C@@H](Oc2cc3c(c(Br)c2O)CC[C@@H]2[C@@H]3CC[C@]3(C)C(=O)CC[C@@H]23)[C@H](OC(C)=O)[C@@H](OC(C)=O)[C@@H]1OC(C)=O. The first kappa shape index (κ1) is 32.2. The Balaban J connectivity index is 1.53. The van der Waals surface area contributed by atoms with Crippen LogP contribution in [0.25, 0.3) is 0 Å². The molecule has 240 valence electrons. The average molecular weight is 682 g/mol. The topological polar surface area (TPSA) is 161 Å². The van der Waals surface area contributed by atoms with Gasteiger partial charge in [0.15, 0.2) is 29.8 Å². The van der Waals surface area contributed by atoms with Crippen molar-refractivity contribution in [3.63, 3.8) is 0 Å². The van der Waals surface area contributed by atoms with E-state index >= 15 is 0 Å². The van der Waals surface area contributed by atoms with E-state index < -0.39 is 54.6 Å². The smallest absolute Gasteiger partial charge is 0.339 e. The van der Waals surface area contributed by atoms with Crippen LogP contribution in [0.5, 0.6) is 11.5 Å². The van der Waals surface area contributed by atoms with Crippen LogP contribution in [0.15, 0.2) is 10.5 Å². The molecule has 13 heteroatoms. The maximum Gasteiger partial charge on any atom is 0.339 e. The van der Waals surface area contributed by atoms with Gasteiger partial charge in [0.25, 0.3) is 0 Å². The summed E-state index contributed by atoms with van der Waals surface area (Å²) in [7, 11) is 1.10. The Morgan fingerprint density at radius 2 is 1.59 bits per heavy atom. The molecular formula is C31H37BrO12. The second-order valence-electron chi connectivity index (χ2n) is 12.2. The molecule has 2 saturated carbocycles. The molecular weight excluding hydrogens is 644 g/mol. The van der Waals surface area contributed by atoms with Gasteiger partial charge in [0.05, 0.1) is 11.6 Å². The number of hydrogen-bond donors (Lipinski definition) is 1. The van der Waals surface area contributed by atoms with Crippen LogP contribution in [0.3, 0.4) is 0 Å². The van der Waals surface area contributed by atoms with E-state index in [0.717, 1.165) is 64.7 Å². The number of carbonyl (C=O) groups is 5. The number of phenols is 1. The Bertz CT molecular complexity index is 1380. The van der Waals surface area contributed by atoms with Gasteiger partial charge in [-0.05, 0) is 83.0 Å². The van der Waals surface area contributed by atoms with Crippen molar-refractivity contribution in [2.75, 3.05) is 7.11 Å². The molecule has 1 N–H and O–H groups in total. The Hall–Kier alpha value is -3.19. The van der Waals surface area contributed by atoms with E-state index in [4.69, 9.17) is 28.4 Å². The number of ether oxygens (including phenoxy) is 6. The predicted octanol–water partition coefficient (Wildman–Crippen LogP) is 3.65. The predicted molar refractivity (Wildman–Crippen MR) is 153 cm³/mol. The van der Waals surface area contributed by atoms with Crippen LogP contribution in [0.1, 0.15) is 76.8 Å². The average Bonchev–Trinajstić information content (AvgIpc) is 3.27. The molecule has 3 aliphatic carbocycles. The minimum Gasteiger partial charge on any atom is -0.503 e. The Morgan fingerprint density at radius 1 is 0.955 bits per heavy atom. The Labute approximate surface area is 263 Å². The highest BCUT2D eigenvalue weighted by Gasteiger charge is 2.57. The summed E-state index contributed by atoms with van der Waals surface area (Å²) in [4.78, 5) is 61.9. The third kappa shape index (κ3) is 5.68. The van der Waals surface area contributed by atoms with Crippen LogP contribution in [0.4, 0.5) is 0 Å². The molecule has 12 nitrogen and oxygen atoms in total. The number of esters is 4. The summed E-state index contributed by atoms with van der Waals surface area (Å²) in [6.07, 6.45) is -3.17. The molecule has 3 fully saturated rings. The second-order valence-corrected chi connectivity index (χ2v) is 13.0. The van der Waals surface area contributed by atoms with Crippen molar-refractivity contribution in [1.29, 1.82) is 0 Å². The zero-order valence-corrected chi connectivity index (χ0v) is 26.8. The fourth-order valence-electron chi connectivity index (χ4n) is 7.81. The van der Waals surface area contributed by atoms with Gasteiger partial charge in [0, 0.05) is 32.6 Å². The van der Waals surface area contributed by atoms with Crippen LogP contribution >= 0.6 is 15.9 Å². The molecule has 4 aliphatic rings. The van der Waals surface area contributed by atoms with Crippen molar-refractivity contribution >= 4 is 45.6 Å². The largest absolute Gasteiger partial charge is 0.503 e. The van der Waals surface area contributed by atoms with E-state index in [1.165, 1.54) is 0 Å². The molecule has 1 saturated heterocycles. The van der Waals surface area contributed by atoms with Crippen LogP contribution in [0.2, 0.25) is 0 Å². The van der Waals surface area contributed by atoms with Gasteiger partial charge in [-0.3, -0.25) is 19.2 Å². The molecule has 0 amide bonds. The fourth-order valence-corrected chi connectivity index (χ4v) is 8.43. The van der Waals surface area contributed by atoms with Crippen LogP contribution in [0, 0.1) is 17.3 Å². The number of rotatable bonds is 6. The molecule has 0 unspecified atom stereocenters. The highest BCUT2D eigenvalue weighted by Crippen LogP contribution is 2.61.